The third-order valence-electron chi connectivity index (χ3n) is 2.96. The number of carbonyl (C=O) groups excluding carboxylic acids is 1. The summed E-state index contributed by atoms with van der Waals surface area (Å²) in [7, 11) is -3.46. The van der Waals surface area contributed by atoms with Gasteiger partial charge < -0.3 is 4.90 Å². The molecule has 0 fully saturated rings. The standard InChI is InChI=1S/C13H21N3O3S/c1-4-15(5-2)13(17)11-16(20(3,18)19)10-12-8-6-7-9-14-12/h6-9H,4-5,10-11H2,1-3H3. The number of aromatic nitrogens is 1. The van der Waals surface area contributed by atoms with Gasteiger partial charge in [-0.05, 0) is 26.0 Å². The fourth-order valence-electron chi connectivity index (χ4n) is 1.79. The summed E-state index contributed by atoms with van der Waals surface area (Å²) in [6.07, 6.45) is 2.70. The zero-order chi connectivity index (χ0) is 15.2. The zero-order valence-corrected chi connectivity index (χ0v) is 12.9. The Morgan fingerprint density at radius 1 is 1.25 bits per heavy atom. The van der Waals surface area contributed by atoms with Gasteiger partial charge in [-0.3, -0.25) is 9.78 Å². The number of sulfonamides is 1. The van der Waals surface area contributed by atoms with E-state index >= 15 is 0 Å². The molecule has 1 aromatic heterocycles. The maximum Gasteiger partial charge on any atom is 0.237 e. The summed E-state index contributed by atoms with van der Waals surface area (Å²) in [6.45, 7) is 4.81. The van der Waals surface area contributed by atoms with Crippen LogP contribution in [0.5, 0.6) is 0 Å². The minimum absolute atomic E-state index is 0.104. The number of amides is 1. The molecular formula is C13H21N3O3S. The van der Waals surface area contributed by atoms with Crippen LogP contribution in [0.1, 0.15) is 19.5 Å². The van der Waals surface area contributed by atoms with Gasteiger partial charge in [0.05, 0.1) is 25.0 Å². The Kier molecular flexibility index (Phi) is 6.09. The van der Waals surface area contributed by atoms with Crippen molar-refractivity contribution < 1.29 is 13.2 Å². The predicted octanol–water partition coefficient (Wildman–Crippen LogP) is 0.712. The van der Waals surface area contributed by atoms with Crippen LogP contribution in [0.25, 0.3) is 0 Å². The summed E-state index contributed by atoms with van der Waals surface area (Å²) >= 11 is 0. The average molecular weight is 299 g/mol. The number of pyridine rings is 1. The first kappa shape index (κ1) is 16.6. The average Bonchev–Trinajstić information content (AvgIpc) is 2.39. The molecule has 1 amide bonds. The first-order valence-corrected chi connectivity index (χ1v) is 8.36. The number of carbonyl (C=O) groups is 1. The first-order valence-electron chi connectivity index (χ1n) is 6.51. The van der Waals surface area contributed by atoms with Crippen LogP contribution in [0.2, 0.25) is 0 Å². The van der Waals surface area contributed by atoms with Crippen molar-refractivity contribution in [2.24, 2.45) is 0 Å². The van der Waals surface area contributed by atoms with Crippen LogP contribution in [-0.4, -0.2) is 54.4 Å². The van der Waals surface area contributed by atoms with Gasteiger partial charge in [0.2, 0.25) is 15.9 Å². The molecule has 0 saturated carbocycles. The van der Waals surface area contributed by atoms with Crippen molar-refractivity contribution in [1.82, 2.24) is 14.2 Å². The fourth-order valence-corrected chi connectivity index (χ4v) is 2.50. The lowest BCUT2D eigenvalue weighted by Gasteiger charge is -2.24. The smallest absolute Gasteiger partial charge is 0.237 e. The molecule has 0 spiro atoms. The lowest BCUT2D eigenvalue weighted by atomic mass is 10.3. The van der Waals surface area contributed by atoms with Crippen molar-refractivity contribution in [3.63, 3.8) is 0 Å². The van der Waals surface area contributed by atoms with Crippen molar-refractivity contribution in [2.45, 2.75) is 20.4 Å². The molecule has 0 N–H and O–H groups in total. The van der Waals surface area contributed by atoms with E-state index in [0.29, 0.717) is 18.8 Å². The van der Waals surface area contributed by atoms with E-state index in [1.165, 1.54) is 0 Å². The van der Waals surface area contributed by atoms with E-state index in [9.17, 15) is 13.2 Å². The van der Waals surface area contributed by atoms with Gasteiger partial charge in [0, 0.05) is 19.3 Å². The number of hydrogen-bond donors (Lipinski definition) is 0. The summed E-state index contributed by atoms with van der Waals surface area (Å²) in [5.74, 6) is -0.198. The zero-order valence-electron chi connectivity index (χ0n) is 12.1. The topological polar surface area (TPSA) is 70.6 Å². The van der Waals surface area contributed by atoms with Gasteiger partial charge in [-0.25, -0.2) is 8.42 Å². The Morgan fingerprint density at radius 3 is 2.35 bits per heavy atom. The predicted molar refractivity (Wildman–Crippen MR) is 77.4 cm³/mol. The minimum Gasteiger partial charge on any atom is -0.342 e. The molecule has 1 heterocycles. The lowest BCUT2D eigenvalue weighted by molar-refractivity contribution is -0.131. The van der Waals surface area contributed by atoms with Crippen LogP contribution >= 0.6 is 0 Å². The van der Waals surface area contributed by atoms with Crippen LogP contribution in [0.15, 0.2) is 24.4 Å². The number of nitrogens with zero attached hydrogens (tertiary/aromatic N) is 3. The molecule has 0 bridgehead atoms. The third-order valence-corrected chi connectivity index (χ3v) is 4.16. The van der Waals surface area contributed by atoms with Crippen LogP contribution in [-0.2, 0) is 21.4 Å². The van der Waals surface area contributed by atoms with E-state index in [1.807, 2.05) is 13.8 Å². The van der Waals surface area contributed by atoms with E-state index in [4.69, 9.17) is 0 Å². The summed E-state index contributed by atoms with van der Waals surface area (Å²) in [5, 5.41) is 0. The molecule has 6 nitrogen and oxygen atoms in total. The second-order valence-corrected chi connectivity index (χ2v) is 6.40. The van der Waals surface area contributed by atoms with Gasteiger partial charge >= 0.3 is 0 Å². The molecule has 20 heavy (non-hydrogen) atoms. The maximum atomic E-state index is 12.1. The van der Waals surface area contributed by atoms with E-state index in [-0.39, 0.29) is 19.0 Å². The van der Waals surface area contributed by atoms with E-state index in [1.54, 1.807) is 29.3 Å². The van der Waals surface area contributed by atoms with Crippen molar-refractivity contribution >= 4 is 15.9 Å². The van der Waals surface area contributed by atoms with Crippen molar-refractivity contribution in [3.8, 4) is 0 Å². The van der Waals surface area contributed by atoms with E-state index < -0.39 is 10.0 Å². The minimum atomic E-state index is -3.46. The van der Waals surface area contributed by atoms with Gasteiger partial charge in [-0.15, -0.1) is 0 Å². The molecule has 0 atom stereocenters. The van der Waals surface area contributed by atoms with Gasteiger partial charge in [0.25, 0.3) is 0 Å². The second kappa shape index (κ2) is 7.35. The van der Waals surface area contributed by atoms with Crippen LogP contribution in [0.3, 0.4) is 0 Å². The maximum absolute atomic E-state index is 12.1. The Hall–Kier alpha value is -1.47. The molecule has 0 aliphatic rings. The molecule has 0 saturated heterocycles. The molecule has 1 aromatic rings. The van der Waals surface area contributed by atoms with Crippen LogP contribution in [0.4, 0.5) is 0 Å². The highest BCUT2D eigenvalue weighted by atomic mass is 32.2. The largest absolute Gasteiger partial charge is 0.342 e. The summed E-state index contributed by atoms with van der Waals surface area (Å²) in [6, 6.07) is 5.28. The normalized spacial score (nSPS) is 11.6. The summed E-state index contributed by atoms with van der Waals surface area (Å²) < 4.78 is 24.7. The Bertz CT molecular complexity index is 527. The van der Waals surface area contributed by atoms with E-state index in [0.717, 1.165) is 10.6 Å². The number of rotatable bonds is 7. The quantitative estimate of drug-likeness (QED) is 0.743. The third kappa shape index (κ3) is 4.90. The Balaban J connectivity index is 2.84. The highest BCUT2D eigenvalue weighted by molar-refractivity contribution is 7.88. The molecule has 7 heteroatoms. The molecule has 0 radical (unpaired) electrons. The highest BCUT2D eigenvalue weighted by Crippen LogP contribution is 2.07. The van der Waals surface area contributed by atoms with Crippen LogP contribution < -0.4 is 0 Å². The number of likely N-dealkylation sites (N-methyl/N-ethyl adjacent to an activating group) is 1. The molecule has 112 valence electrons. The molecule has 0 unspecified atom stereocenters. The monoisotopic (exact) mass is 299 g/mol. The number of hydrogen-bond acceptors (Lipinski definition) is 4. The van der Waals surface area contributed by atoms with Gasteiger partial charge in [0.15, 0.2) is 0 Å². The summed E-state index contributed by atoms with van der Waals surface area (Å²) in [4.78, 5) is 17.8. The van der Waals surface area contributed by atoms with Crippen LogP contribution in [0, 0.1) is 0 Å². The van der Waals surface area contributed by atoms with Gasteiger partial charge in [-0.1, -0.05) is 6.07 Å². The fraction of sp³-hybridized carbons (Fsp3) is 0.538. The Morgan fingerprint density at radius 2 is 1.90 bits per heavy atom. The molecule has 0 aromatic carbocycles. The molecule has 0 aliphatic heterocycles. The van der Waals surface area contributed by atoms with E-state index in [2.05, 4.69) is 4.98 Å². The SMILES string of the molecule is CCN(CC)C(=O)CN(Cc1ccccn1)S(C)(=O)=O. The van der Waals surface area contributed by atoms with Gasteiger partial charge in [0.1, 0.15) is 0 Å². The first-order chi connectivity index (χ1) is 9.38. The Labute approximate surface area is 120 Å². The lowest BCUT2D eigenvalue weighted by Crippen LogP contribution is -2.42. The second-order valence-electron chi connectivity index (χ2n) is 4.42. The van der Waals surface area contributed by atoms with Crippen molar-refractivity contribution in [2.75, 3.05) is 25.9 Å². The molecule has 1 rings (SSSR count). The summed E-state index contributed by atoms with van der Waals surface area (Å²) in [5.41, 5.74) is 0.616. The van der Waals surface area contributed by atoms with Crippen molar-refractivity contribution in [3.05, 3.63) is 30.1 Å². The van der Waals surface area contributed by atoms with Crippen molar-refractivity contribution in [1.29, 1.82) is 0 Å². The van der Waals surface area contributed by atoms with Gasteiger partial charge in [-0.2, -0.15) is 4.31 Å². The molecule has 0 aliphatic carbocycles. The molecular weight excluding hydrogens is 278 g/mol. The highest BCUT2D eigenvalue weighted by Gasteiger charge is 2.23.